The molecule has 0 amide bonds. The number of benzene rings is 1. The highest BCUT2D eigenvalue weighted by molar-refractivity contribution is 5.80. The standard InChI is InChI=1S/C20H29N3O2/c1-16(18-8-5-4-6-9-18)17(2)23-20(22-13-15-24-3)21-12-11-19-10-7-14-25-19/h4-10,14,16-17H,11-13,15H2,1-3H3,(H2,21,22,23). The smallest absolute Gasteiger partial charge is 0.191 e. The summed E-state index contributed by atoms with van der Waals surface area (Å²) in [5.74, 6) is 2.15. The average molecular weight is 343 g/mol. The van der Waals surface area contributed by atoms with E-state index >= 15 is 0 Å². The first kappa shape index (κ1) is 19.1. The maximum atomic E-state index is 5.37. The molecule has 1 aromatic heterocycles. The number of nitrogens with zero attached hydrogens (tertiary/aromatic N) is 1. The molecule has 5 heteroatoms. The molecule has 1 aromatic carbocycles. The van der Waals surface area contributed by atoms with E-state index in [0.29, 0.717) is 19.1 Å². The van der Waals surface area contributed by atoms with Gasteiger partial charge in [-0.05, 0) is 24.6 Å². The molecular weight excluding hydrogens is 314 g/mol. The summed E-state index contributed by atoms with van der Waals surface area (Å²) in [6, 6.07) is 14.7. The van der Waals surface area contributed by atoms with Crippen LogP contribution in [0, 0.1) is 0 Å². The molecule has 2 N–H and O–H groups in total. The summed E-state index contributed by atoms with van der Waals surface area (Å²) in [7, 11) is 1.69. The maximum Gasteiger partial charge on any atom is 0.191 e. The molecule has 2 atom stereocenters. The predicted molar refractivity (Wildman–Crippen MR) is 102 cm³/mol. The summed E-state index contributed by atoms with van der Waals surface area (Å²) in [5, 5.41) is 6.88. The highest BCUT2D eigenvalue weighted by atomic mass is 16.5. The Hall–Kier alpha value is -2.27. The highest BCUT2D eigenvalue weighted by Crippen LogP contribution is 2.18. The van der Waals surface area contributed by atoms with Crippen molar-refractivity contribution in [3.05, 3.63) is 60.1 Å². The van der Waals surface area contributed by atoms with E-state index in [9.17, 15) is 0 Å². The van der Waals surface area contributed by atoms with Crippen molar-refractivity contribution < 1.29 is 9.15 Å². The zero-order valence-electron chi connectivity index (χ0n) is 15.4. The number of ether oxygens (including phenoxy) is 1. The van der Waals surface area contributed by atoms with Crippen LogP contribution >= 0.6 is 0 Å². The molecule has 136 valence electrons. The van der Waals surface area contributed by atoms with Gasteiger partial charge < -0.3 is 19.8 Å². The van der Waals surface area contributed by atoms with Crippen molar-refractivity contribution in [1.29, 1.82) is 0 Å². The molecular formula is C20H29N3O2. The van der Waals surface area contributed by atoms with E-state index in [4.69, 9.17) is 9.15 Å². The second-order valence-corrected chi connectivity index (χ2v) is 6.11. The topological polar surface area (TPSA) is 58.8 Å². The summed E-state index contributed by atoms with van der Waals surface area (Å²) in [4.78, 5) is 4.59. The molecule has 2 aromatic rings. The third-order valence-corrected chi connectivity index (χ3v) is 4.25. The normalized spacial score (nSPS) is 14.1. The fourth-order valence-electron chi connectivity index (χ4n) is 2.55. The van der Waals surface area contributed by atoms with E-state index in [-0.39, 0.29) is 6.04 Å². The number of aliphatic imine (C=N–C) groups is 1. The van der Waals surface area contributed by atoms with Gasteiger partial charge in [-0.2, -0.15) is 0 Å². The first-order chi connectivity index (χ1) is 12.2. The Morgan fingerprint density at radius 1 is 1.16 bits per heavy atom. The molecule has 0 fully saturated rings. The lowest BCUT2D eigenvalue weighted by Gasteiger charge is -2.24. The number of rotatable bonds is 9. The Morgan fingerprint density at radius 2 is 1.96 bits per heavy atom. The Labute approximate surface area is 150 Å². The first-order valence-corrected chi connectivity index (χ1v) is 8.82. The minimum Gasteiger partial charge on any atom is -0.469 e. The second kappa shape index (κ2) is 10.6. The van der Waals surface area contributed by atoms with Gasteiger partial charge in [-0.3, -0.25) is 4.99 Å². The van der Waals surface area contributed by atoms with Crippen molar-refractivity contribution in [3.8, 4) is 0 Å². The van der Waals surface area contributed by atoms with Crippen LogP contribution < -0.4 is 10.6 Å². The fourth-order valence-corrected chi connectivity index (χ4v) is 2.55. The van der Waals surface area contributed by atoms with Crippen molar-refractivity contribution in [2.75, 3.05) is 26.8 Å². The van der Waals surface area contributed by atoms with Crippen molar-refractivity contribution in [3.63, 3.8) is 0 Å². The van der Waals surface area contributed by atoms with Crippen LogP contribution in [0.25, 0.3) is 0 Å². The molecule has 0 aliphatic rings. The van der Waals surface area contributed by atoms with Gasteiger partial charge in [0.2, 0.25) is 0 Å². The lowest BCUT2D eigenvalue weighted by molar-refractivity contribution is 0.208. The zero-order valence-corrected chi connectivity index (χ0v) is 15.4. The average Bonchev–Trinajstić information content (AvgIpc) is 3.15. The van der Waals surface area contributed by atoms with Crippen LogP contribution in [0.15, 0.2) is 58.1 Å². The van der Waals surface area contributed by atoms with Crippen LogP contribution in [0.4, 0.5) is 0 Å². The molecule has 25 heavy (non-hydrogen) atoms. The van der Waals surface area contributed by atoms with E-state index < -0.39 is 0 Å². The monoisotopic (exact) mass is 343 g/mol. The summed E-state index contributed by atoms with van der Waals surface area (Å²) < 4.78 is 10.5. The molecule has 1 heterocycles. The number of methoxy groups -OCH3 is 1. The lowest BCUT2D eigenvalue weighted by atomic mass is 9.94. The first-order valence-electron chi connectivity index (χ1n) is 8.82. The van der Waals surface area contributed by atoms with Crippen LogP contribution in [0.3, 0.4) is 0 Å². The van der Waals surface area contributed by atoms with Gasteiger partial charge in [-0.1, -0.05) is 37.3 Å². The van der Waals surface area contributed by atoms with Crippen LogP contribution in [-0.2, 0) is 11.2 Å². The summed E-state index contributed by atoms with van der Waals surface area (Å²) in [6.07, 6.45) is 2.52. The Bertz CT molecular complexity index is 611. The Kier molecular flexibility index (Phi) is 8.05. The van der Waals surface area contributed by atoms with Crippen LogP contribution in [0.1, 0.15) is 31.1 Å². The molecule has 0 radical (unpaired) electrons. The maximum absolute atomic E-state index is 5.37. The number of furan rings is 1. The molecule has 2 rings (SSSR count). The Balaban J connectivity index is 1.90. The molecule has 0 bridgehead atoms. The van der Waals surface area contributed by atoms with E-state index in [1.807, 2.05) is 18.2 Å². The van der Waals surface area contributed by atoms with Gasteiger partial charge in [0.1, 0.15) is 5.76 Å². The van der Waals surface area contributed by atoms with Gasteiger partial charge in [0, 0.05) is 32.0 Å². The molecule has 0 aliphatic carbocycles. The van der Waals surface area contributed by atoms with E-state index in [1.165, 1.54) is 5.56 Å². The summed E-state index contributed by atoms with van der Waals surface area (Å²) in [5.41, 5.74) is 1.31. The van der Waals surface area contributed by atoms with Crippen LogP contribution in [0.5, 0.6) is 0 Å². The van der Waals surface area contributed by atoms with Gasteiger partial charge in [0.15, 0.2) is 5.96 Å². The fraction of sp³-hybridized carbons (Fsp3) is 0.450. The van der Waals surface area contributed by atoms with Gasteiger partial charge >= 0.3 is 0 Å². The predicted octanol–water partition coefficient (Wildman–Crippen LogP) is 3.20. The second-order valence-electron chi connectivity index (χ2n) is 6.11. The van der Waals surface area contributed by atoms with Crippen LogP contribution in [-0.4, -0.2) is 38.8 Å². The van der Waals surface area contributed by atoms with Gasteiger partial charge in [-0.25, -0.2) is 0 Å². The zero-order chi connectivity index (χ0) is 17.9. The third-order valence-electron chi connectivity index (χ3n) is 4.25. The third kappa shape index (κ3) is 6.63. The summed E-state index contributed by atoms with van der Waals surface area (Å²) >= 11 is 0. The van der Waals surface area contributed by atoms with Crippen molar-refractivity contribution in [2.45, 2.75) is 32.2 Å². The number of nitrogens with one attached hydrogen (secondary N) is 2. The van der Waals surface area contributed by atoms with E-state index in [1.54, 1.807) is 13.4 Å². The van der Waals surface area contributed by atoms with Crippen molar-refractivity contribution >= 4 is 5.96 Å². The Morgan fingerprint density at radius 3 is 2.64 bits per heavy atom. The molecule has 0 saturated carbocycles. The molecule has 2 unspecified atom stereocenters. The molecule has 0 spiro atoms. The van der Waals surface area contributed by atoms with Crippen molar-refractivity contribution in [1.82, 2.24) is 10.6 Å². The SMILES string of the molecule is COCCN=C(NCCc1ccco1)NC(C)C(C)c1ccccc1. The van der Waals surface area contributed by atoms with Crippen molar-refractivity contribution in [2.24, 2.45) is 4.99 Å². The van der Waals surface area contributed by atoms with E-state index in [2.05, 4.69) is 53.7 Å². The minimum absolute atomic E-state index is 0.250. The quantitative estimate of drug-likeness (QED) is 0.417. The lowest BCUT2D eigenvalue weighted by Crippen LogP contribution is -2.45. The molecule has 0 saturated heterocycles. The molecule has 5 nitrogen and oxygen atoms in total. The summed E-state index contributed by atoms with van der Waals surface area (Å²) in [6.45, 7) is 6.39. The minimum atomic E-state index is 0.250. The van der Waals surface area contributed by atoms with Gasteiger partial charge in [0.05, 0.1) is 19.4 Å². The number of hydrogen-bond acceptors (Lipinski definition) is 3. The van der Waals surface area contributed by atoms with Gasteiger partial charge in [0.25, 0.3) is 0 Å². The highest BCUT2D eigenvalue weighted by Gasteiger charge is 2.15. The van der Waals surface area contributed by atoms with Crippen LogP contribution in [0.2, 0.25) is 0 Å². The van der Waals surface area contributed by atoms with E-state index in [0.717, 1.165) is 24.7 Å². The number of hydrogen-bond donors (Lipinski definition) is 2. The van der Waals surface area contributed by atoms with Gasteiger partial charge in [-0.15, -0.1) is 0 Å². The number of guanidine groups is 1. The largest absolute Gasteiger partial charge is 0.469 e. The molecule has 0 aliphatic heterocycles.